The second kappa shape index (κ2) is 4.45. The molecule has 0 aliphatic carbocycles. The van der Waals surface area contributed by atoms with E-state index in [-0.39, 0.29) is 6.04 Å². The summed E-state index contributed by atoms with van der Waals surface area (Å²) in [7, 11) is 0. The van der Waals surface area contributed by atoms with Crippen LogP contribution in [-0.2, 0) is 0 Å². The molecule has 0 saturated heterocycles. The fraction of sp³-hybridized carbons (Fsp3) is 0.214. The SMILES string of the molecule is c1ccc(NC2CCOc3ccccc32)nc1. The van der Waals surface area contributed by atoms with Crippen LogP contribution < -0.4 is 10.1 Å². The quantitative estimate of drug-likeness (QED) is 0.854. The third-order valence-corrected chi connectivity index (χ3v) is 2.95. The molecular weight excluding hydrogens is 212 g/mol. The molecule has 1 aromatic carbocycles. The lowest BCUT2D eigenvalue weighted by molar-refractivity contribution is 0.274. The molecule has 1 aromatic heterocycles. The van der Waals surface area contributed by atoms with Crippen LogP contribution in [0.15, 0.2) is 48.7 Å². The summed E-state index contributed by atoms with van der Waals surface area (Å²) < 4.78 is 5.63. The highest BCUT2D eigenvalue weighted by molar-refractivity contribution is 5.44. The van der Waals surface area contributed by atoms with Gasteiger partial charge >= 0.3 is 0 Å². The molecule has 2 aromatic rings. The summed E-state index contributed by atoms with van der Waals surface area (Å²) in [5, 5.41) is 3.45. The summed E-state index contributed by atoms with van der Waals surface area (Å²) >= 11 is 0. The number of nitrogens with one attached hydrogen (secondary N) is 1. The van der Waals surface area contributed by atoms with Gasteiger partial charge in [-0.05, 0) is 18.2 Å². The zero-order valence-corrected chi connectivity index (χ0v) is 9.47. The second-order valence-electron chi connectivity index (χ2n) is 4.09. The Kier molecular flexibility index (Phi) is 2.66. The van der Waals surface area contributed by atoms with E-state index in [1.54, 1.807) is 6.20 Å². The van der Waals surface area contributed by atoms with Crippen LogP contribution >= 0.6 is 0 Å². The molecule has 1 aliphatic rings. The van der Waals surface area contributed by atoms with Gasteiger partial charge in [-0.25, -0.2) is 4.98 Å². The average Bonchev–Trinajstić information content (AvgIpc) is 2.40. The van der Waals surface area contributed by atoms with Crippen molar-refractivity contribution in [1.82, 2.24) is 4.98 Å². The van der Waals surface area contributed by atoms with E-state index < -0.39 is 0 Å². The maximum atomic E-state index is 5.63. The molecule has 1 unspecified atom stereocenters. The van der Waals surface area contributed by atoms with E-state index in [0.717, 1.165) is 24.6 Å². The van der Waals surface area contributed by atoms with Crippen molar-refractivity contribution in [1.29, 1.82) is 0 Å². The van der Waals surface area contributed by atoms with Crippen molar-refractivity contribution >= 4 is 5.82 Å². The highest BCUT2D eigenvalue weighted by Gasteiger charge is 2.20. The van der Waals surface area contributed by atoms with Gasteiger partial charge in [0.15, 0.2) is 0 Å². The van der Waals surface area contributed by atoms with Gasteiger partial charge in [0.2, 0.25) is 0 Å². The molecule has 2 heterocycles. The van der Waals surface area contributed by atoms with Crippen molar-refractivity contribution in [2.75, 3.05) is 11.9 Å². The Labute approximate surface area is 100 Å². The fourth-order valence-electron chi connectivity index (χ4n) is 2.12. The molecule has 1 N–H and O–H groups in total. The number of anilines is 1. The molecule has 3 rings (SSSR count). The van der Waals surface area contributed by atoms with E-state index in [1.165, 1.54) is 5.56 Å². The van der Waals surface area contributed by atoms with Crippen LogP contribution in [0.2, 0.25) is 0 Å². The van der Waals surface area contributed by atoms with Gasteiger partial charge in [-0.3, -0.25) is 0 Å². The average molecular weight is 226 g/mol. The topological polar surface area (TPSA) is 34.1 Å². The minimum atomic E-state index is 0.287. The predicted molar refractivity (Wildman–Crippen MR) is 67.2 cm³/mol. The Bertz CT molecular complexity index is 499. The molecule has 0 radical (unpaired) electrons. The fourth-order valence-corrected chi connectivity index (χ4v) is 2.12. The van der Waals surface area contributed by atoms with E-state index in [0.29, 0.717) is 0 Å². The van der Waals surface area contributed by atoms with Crippen LogP contribution in [0, 0.1) is 0 Å². The monoisotopic (exact) mass is 226 g/mol. The molecule has 3 nitrogen and oxygen atoms in total. The molecule has 1 aliphatic heterocycles. The Hall–Kier alpha value is -2.03. The summed E-state index contributed by atoms with van der Waals surface area (Å²) in [6.45, 7) is 0.752. The molecule has 0 amide bonds. The zero-order valence-electron chi connectivity index (χ0n) is 9.47. The minimum Gasteiger partial charge on any atom is -0.493 e. The predicted octanol–water partition coefficient (Wildman–Crippen LogP) is 3.02. The Morgan fingerprint density at radius 1 is 1.12 bits per heavy atom. The van der Waals surface area contributed by atoms with Crippen LogP contribution in [0.3, 0.4) is 0 Å². The maximum Gasteiger partial charge on any atom is 0.126 e. The van der Waals surface area contributed by atoms with Crippen molar-refractivity contribution in [3.63, 3.8) is 0 Å². The summed E-state index contributed by atoms with van der Waals surface area (Å²) in [5.74, 6) is 1.89. The number of nitrogens with zero attached hydrogens (tertiary/aromatic N) is 1. The first-order valence-electron chi connectivity index (χ1n) is 5.83. The smallest absolute Gasteiger partial charge is 0.126 e. The number of fused-ring (bicyclic) bond motifs is 1. The molecule has 0 bridgehead atoms. The van der Waals surface area contributed by atoms with E-state index in [4.69, 9.17) is 4.74 Å². The lowest BCUT2D eigenvalue weighted by Gasteiger charge is -2.26. The third-order valence-electron chi connectivity index (χ3n) is 2.95. The molecule has 17 heavy (non-hydrogen) atoms. The van der Waals surface area contributed by atoms with Gasteiger partial charge in [0, 0.05) is 18.2 Å². The highest BCUT2D eigenvalue weighted by Crippen LogP contribution is 2.33. The Morgan fingerprint density at radius 3 is 2.88 bits per heavy atom. The molecule has 0 saturated carbocycles. The molecule has 0 fully saturated rings. The summed E-state index contributed by atoms with van der Waals surface area (Å²) in [6, 6.07) is 14.3. The van der Waals surface area contributed by atoms with Gasteiger partial charge in [-0.1, -0.05) is 24.3 Å². The van der Waals surface area contributed by atoms with Crippen LogP contribution in [-0.4, -0.2) is 11.6 Å². The lowest BCUT2D eigenvalue weighted by atomic mass is 10.0. The van der Waals surface area contributed by atoms with Gasteiger partial charge in [-0.15, -0.1) is 0 Å². The lowest BCUT2D eigenvalue weighted by Crippen LogP contribution is -2.20. The largest absolute Gasteiger partial charge is 0.493 e. The summed E-state index contributed by atoms with van der Waals surface area (Å²) in [6.07, 6.45) is 2.77. The van der Waals surface area contributed by atoms with Crippen LogP contribution in [0.4, 0.5) is 5.82 Å². The van der Waals surface area contributed by atoms with E-state index >= 15 is 0 Å². The van der Waals surface area contributed by atoms with Crippen molar-refractivity contribution in [2.45, 2.75) is 12.5 Å². The Balaban J connectivity index is 1.86. The number of benzene rings is 1. The number of hydrogen-bond donors (Lipinski definition) is 1. The van der Waals surface area contributed by atoms with Crippen LogP contribution in [0.1, 0.15) is 18.0 Å². The maximum absolute atomic E-state index is 5.63. The van der Waals surface area contributed by atoms with Crippen molar-refractivity contribution in [3.8, 4) is 5.75 Å². The highest BCUT2D eigenvalue weighted by atomic mass is 16.5. The molecule has 3 heteroatoms. The number of ether oxygens (including phenoxy) is 1. The Morgan fingerprint density at radius 2 is 2.00 bits per heavy atom. The van der Waals surface area contributed by atoms with Gasteiger partial charge < -0.3 is 10.1 Å². The van der Waals surface area contributed by atoms with Gasteiger partial charge in [0.1, 0.15) is 11.6 Å². The second-order valence-corrected chi connectivity index (χ2v) is 4.09. The van der Waals surface area contributed by atoms with Crippen LogP contribution in [0.25, 0.3) is 0 Å². The standard InChI is InChI=1S/C14H14N2O/c1-2-6-13-11(5-1)12(8-10-17-13)16-14-7-3-4-9-15-14/h1-7,9,12H,8,10H2,(H,15,16). The van der Waals surface area contributed by atoms with E-state index in [9.17, 15) is 0 Å². The first-order valence-corrected chi connectivity index (χ1v) is 5.83. The first kappa shape index (κ1) is 10.1. The molecule has 0 spiro atoms. The number of rotatable bonds is 2. The van der Waals surface area contributed by atoms with Gasteiger partial charge in [0.05, 0.1) is 12.6 Å². The normalized spacial score (nSPS) is 18.0. The number of para-hydroxylation sites is 1. The van der Waals surface area contributed by atoms with Gasteiger partial charge in [-0.2, -0.15) is 0 Å². The summed E-state index contributed by atoms with van der Waals surface area (Å²) in [4.78, 5) is 4.29. The molecule has 86 valence electrons. The summed E-state index contributed by atoms with van der Waals surface area (Å²) in [5.41, 5.74) is 1.21. The molecule has 1 atom stereocenters. The number of pyridine rings is 1. The zero-order chi connectivity index (χ0) is 11.5. The third kappa shape index (κ3) is 2.09. The van der Waals surface area contributed by atoms with Crippen molar-refractivity contribution in [2.24, 2.45) is 0 Å². The molecular formula is C14H14N2O. The first-order chi connectivity index (χ1) is 8.43. The minimum absolute atomic E-state index is 0.287. The van der Waals surface area contributed by atoms with E-state index in [2.05, 4.69) is 16.4 Å². The van der Waals surface area contributed by atoms with Crippen LogP contribution in [0.5, 0.6) is 5.75 Å². The number of aromatic nitrogens is 1. The van der Waals surface area contributed by atoms with E-state index in [1.807, 2.05) is 36.4 Å². The van der Waals surface area contributed by atoms with Crippen molar-refractivity contribution < 1.29 is 4.74 Å². The van der Waals surface area contributed by atoms with Gasteiger partial charge in [0.25, 0.3) is 0 Å². The van der Waals surface area contributed by atoms with Crippen molar-refractivity contribution in [3.05, 3.63) is 54.2 Å². The number of hydrogen-bond acceptors (Lipinski definition) is 3.